The molecule has 3 N–H and O–H groups in total. The fourth-order valence-corrected chi connectivity index (χ4v) is 2.36. The SMILES string of the molecule is COc1ccc(C(=O)NCCNc2cc(Nc3cc(C)ccn3)ncn2)cn1. The third kappa shape index (κ3) is 5.37. The molecular formula is C19H21N7O2. The first-order valence-electron chi connectivity index (χ1n) is 8.68. The number of nitrogens with one attached hydrogen (secondary N) is 3. The molecule has 0 unspecified atom stereocenters. The van der Waals surface area contributed by atoms with Gasteiger partial charge in [-0.25, -0.2) is 19.9 Å². The predicted octanol–water partition coefficient (Wildman–Crippen LogP) is 2.17. The number of hydrogen-bond donors (Lipinski definition) is 3. The van der Waals surface area contributed by atoms with Gasteiger partial charge in [0.2, 0.25) is 5.88 Å². The highest BCUT2D eigenvalue weighted by Gasteiger charge is 2.06. The lowest BCUT2D eigenvalue weighted by molar-refractivity contribution is 0.0954. The van der Waals surface area contributed by atoms with Crippen LogP contribution in [0.25, 0.3) is 0 Å². The highest BCUT2D eigenvalue weighted by Crippen LogP contribution is 2.14. The number of hydrogen-bond acceptors (Lipinski definition) is 8. The van der Waals surface area contributed by atoms with E-state index in [0.29, 0.717) is 42.0 Å². The molecule has 0 bridgehead atoms. The quantitative estimate of drug-likeness (QED) is 0.510. The molecule has 0 aliphatic rings. The summed E-state index contributed by atoms with van der Waals surface area (Å²) in [6.07, 6.45) is 4.67. The van der Waals surface area contributed by atoms with Crippen molar-refractivity contribution in [3.63, 3.8) is 0 Å². The van der Waals surface area contributed by atoms with E-state index in [1.807, 2.05) is 19.1 Å². The second-order valence-electron chi connectivity index (χ2n) is 5.90. The molecule has 0 atom stereocenters. The van der Waals surface area contributed by atoms with Gasteiger partial charge in [0.15, 0.2) is 0 Å². The van der Waals surface area contributed by atoms with E-state index in [-0.39, 0.29) is 5.91 Å². The Morgan fingerprint density at radius 2 is 1.82 bits per heavy atom. The third-order valence-corrected chi connectivity index (χ3v) is 3.76. The molecule has 3 aromatic rings. The summed E-state index contributed by atoms with van der Waals surface area (Å²) in [4.78, 5) is 28.7. The van der Waals surface area contributed by atoms with E-state index in [0.717, 1.165) is 5.56 Å². The Bertz CT molecular complexity index is 932. The summed E-state index contributed by atoms with van der Waals surface area (Å²) in [5, 5.41) is 9.10. The molecule has 3 heterocycles. The first-order valence-corrected chi connectivity index (χ1v) is 8.68. The Kier molecular flexibility index (Phi) is 6.29. The zero-order valence-corrected chi connectivity index (χ0v) is 15.6. The van der Waals surface area contributed by atoms with E-state index in [1.54, 1.807) is 24.4 Å². The summed E-state index contributed by atoms with van der Waals surface area (Å²) in [5.41, 5.74) is 1.58. The minimum absolute atomic E-state index is 0.201. The van der Waals surface area contributed by atoms with Crippen LogP contribution in [0.1, 0.15) is 15.9 Å². The van der Waals surface area contributed by atoms with Gasteiger partial charge in [0, 0.05) is 37.6 Å². The number of aromatic nitrogens is 4. The molecule has 0 radical (unpaired) electrons. The Hall–Kier alpha value is -3.75. The predicted molar refractivity (Wildman–Crippen MR) is 106 cm³/mol. The second kappa shape index (κ2) is 9.26. The fourth-order valence-electron chi connectivity index (χ4n) is 2.36. The van der Waals surface area contributed by atoms with Gasteiger partial charge in [-0.05, 0) is 30.7 Å². The number of aryl methyl sites for hydroxylation is 1. The molecule has 1 amide bonds. The minimum atomic E-state index is -0.201. The van der Waals surface area contributed by atoms with Crippen molar-refractivity contribution in [3.05, 3.63) is 60.2 Å². The number of amides is 1. The number of carbonyl (C=O) groups is 1. The molecule has 3 aromatic heterocycles. The summed E-state index contributed by atoms with van der Waals surface area (Å²) < 4.78 is 4.98. The van der Waals surface area contributed by atoms with Crippen LogP contribution in [0.3, 0.4) is 0 Å². The molecule has 28 heavy (non-hydrogen) atoms. The zero-order chi connectivity index (χ0) is 19.8. The molecule has 0 aliphatic carbocycles. The van der Waals surface area contributed by atoms with Crippen LogP contribution in [-0.4, -0.2) is 46.0 Å². The number of methoxy groups -OCH3 is 1. The van der Waals surface area contributed by atoms with Crippen molar-refractivity contribution in [1.82, 2.24) is 25.3 Å². The number of nitrogens with zero attached hydrogens (tertiary/aromatic N) is 4. The molecule has 0 saturated carbocycles. The maximum atomic E-state index is 12.1. The Balaban J connectivity index is 1.47. The summed E-state index contributed by atoms with van der Waals surface area (Å²) in [6, 6.07) is 8.94. The molecule has 0 aromatic carbocycles. The molecule has 0 aliphatic heterocycles. The Morgan fingerprint density at radius 1 is 1.00 bits per heavy atom. The average Bonchev–Trinajstić information content (AvgIpc) is 2.71. The standard InChI is InChI=1S/C19H21N7O2/c1-13-5-6-20-16(9-13)26-17-10-15(24-12-25-17)21-7-8-22-19(27)14-3-4-18(28-2)23-11-14/h3-6,9-12H,7-8H2,1-2H3,(H,22,27)(H2,20,21,24,25,26). The molecular weight excluding hydrogens is 358 g/mol. The number of rotatable bonds is 8. The first kappa shape index (κ1) is 19.0. The Morgan fingerprint density at radius 3 is 2.57 bits per heavy atom. The van der Waals surface area contributed by atoms with Crippen LogP contribution in [0.5, 0.6) is 5.88 Å². The number of carbonyl (C=O) groups excluding carboxylic acids is 1. The summed E-state index contributed by atoms with van der Waals surface area (Å²) >= 11 is 0. The number of ether oxygens (including phenoxy) is 1. The van der Waals surface area contributed by atoms with E-state index in [9.17, 15) is 4.79 Å². The average molecular weight is 379 g/mol. The molecule has 3 rings (SSSR count). The van der Waals surface area contributed by atoms with Crippen LogP contribution in [0, 0.1) is 6.92 Å². The van der Waals surface area contributed by atoms with E-state index < -0.39 is 0 Å². The summed E-state index contributed by atoms with van der Waals surface area (Å²) in [6.45, 7) is 2.93. The van der Waals surface area contributed by atoms with Crippen LogP contribution < -0.4 is 20.7 Å². The molecule has 9 nitrogen and oxygen atoms in total. The van der Waals surface area contributed by atoms with Crippen molar-refractivity contribution >= 4 is 23.4 Å². The van der Waals surface area contributed by atoms with Gasteiger partial charge in [0.1, 0.15) is 23.8 Å². The number of anilines is 3. The summed E-state index contributed by atoms with van der Waals surface area (Å²) in [5.74, 6) is 2.25. The van der Waals surface area contributed by atoms with Crippen molar-refractivity contribution in [2.24, 2.45) is 0 Å². The van der Waals surface area contributed by atoms with Crippen molar-refractivity contribution in [2.75, 3.05) is 30.8 Å². The topological polar surface area (TPSA) is 114 Å². The van der Waals surface area contributed by atoms with E-state index >= 15 is 0 Å². The lowest BCUT2D eigenvalue weighted by Crippen LogP contribution is -2.29. The fraction of sp³-hybridized carbons (Fsp3) is 0.211. The molecule has 144 valence electrons. The third-order valence-electron chi connectivity index (χ3n) is 3.76. The molecule has 9 heteroatoms. The van der Waals surface area contributed by atoms with Crippen LogP contribution in [0.4, 0.5) is 17.5 Å². The minimum Gasteiger partial charge on any atom is -0.481 e. The van der Waals surface area contributed by atoms with E-state index in [1.165, 1.54) is 19.6 Å². The second-order valence-corrected chi connectivity index (χ2v) is 5.90. The molecule has 0 saturated heterocycles. The number of pyridine rings is 2. The zero-order valence-electron chi connectivity index (χ0n) is 15.6. The maximum Gasteiger partial charge on any atom is 0.252 e. The van der Waals surface area contributed by atoms with Gasteiger partial charge < -0.3 is 20.7 Å². The van der Waals surface area contributed by atoms with Gasteiger partial charge in [-0.3, -0.25) is 4.79 Å². The van der Waals surface area contributed by atoms with E-state index in [2.05, 4.69) is 35.9 Å². The largest absolute Gasteiger partial charge is 0.481 e. The first-order chi connectivity index (χ1) is 13.6. The van der Waals surface area contributed by atoms with Gasteiger partial charge >= 0.3 is 0 Å². The maximum absolute atomic E-state index is 12.1. The van der Waals surface area contributed by atoms with Crippen LogP contribution in [0.15, 0.2) is 49.1 Å². The van der Waals surface area contributed by atoms with Gasteiger partial charge in [-0.1, -0.05) is 0 Å². The highest BCUT2D eigenvalue weighted by atomic mass is 16.5. The van der Waals surface area contributed by atoms with Crippen molar-refractivity contribution in [2.45, 2.75) is 6.92 Å². The van der Waals surface area contributed by atoms with E-state index in [4.69, 9.17) is 4.74 Å². The highest BCUT2D eigenvalue weighted by molar-refractivity contribution is 5.93. The van der Waals surface area contributed by atoms with Gasteiger partial charge in [-0.15, -0.1) is 0 Å². The van der Waals surface area contributed by atoms with Gasteiger partial charge in [0.25, 0.3) is 5.91 Å². The van der Waals surface area contributed by atoms with Crippen LogP contribution >= 0.6 is 0 Å². The lowest BCUT2D eigenvalue weighted by Gasteiger charge is -2.09. The normalized spacial score (nSPS) is 10.2. The van der Waals surface area contributed by atoms with Crippen LogP contribution in [-0.2, 0) is 0 Å². The van der Waals surface area contributed by atoms with Crippen molar-refractivity contribution in [3.8, 4) is 5.88 Å². The molecule has 0 fully saturated rings. The smallest absolute Gasteiger partial charge is 0.252 e. The Labute approximate surface area is 162 Å². The monoisotopic (exact) mass is 379 g/mol. The van der Waals surface area contributed by atoms with Gasteiger partial charge in [-0.2, -0.15) is 0 Å². The van der Waals surface area contributed by atoms with Crippen molar-refractivity contribution < 1.29 is 9.53 Å². The molecule has 0 spiro atoms. The van der Waals surface area contributed by atoms with Crippen molar-refractivity contribution in [1.29, 1.82) is 0 Å². The summed E-state index contributed by atoms with van der Waals surface area (Å²) in [7, 11) is 1.53. The lowest BCUT2D eigenvalue weighted by atomic mass is 10.2. The van der Waals surface area contributed by atoms with Crippen LogP contribution in [0.2, 0.25) is 0 Å². The van der Waals surface area contributed by atoms with Gasteiger partial charge in [0.05, 0.1) is 12.7 Å².